The Morgan fingerprint density at radius 3 is 2.49 bits per heavy atom. The zero-order valence-corrected chi connectivity index (χ0v) is 20.2. The summed E-state index contributed by atoms with van der Waals surface area (Å²) in [5, 5.41) is 3.09. The molecule has 12 heteroatoms. The zero-order chi connectivity index (χ0) is 25.5. The molecule has 3 amide bonds. The predicted molar refractivity (Wildman–Crippen MR) is 130 cm³/mol. The van der Waals surface area contributed by atoms with E-state index in [0.29, 0.717) is 27.7 Å². The Morgan fingerprint density at radius 1 is 1.20 bits per heavy atom. The largest absolute Gasteiger partial charge is 0.395 e. The molecule has 0 saturated carbocycles. The lowest BCUT2D eigenvalue weighted by Crippen LogP contribution is -2.44. The van der Waals surface area contributed by atoms with Crippen LogP contribution in [0.2, 0.25) is 5.02 Å². The maximum atomic E-state index is 13.8. The van der Waals surface area contributed by atoms with Gasteiger partial charge in [0.25, 0.3) is 11.8 Å². The molecular formula is C23H23ClFN5O4S. The molecule has 9 nitrogen and oxygen atoms in total. The average molecular weight is 520 g/mol. The van der Waals surface area contributed by atoms with E-state index < -0.39 is 29.6 Å². The lowest BCUT2D eigenvalue weighted by Gasteiger charge is -2.31. The lowest BCUT2D eigenvalue weighted by atomic mass is 10.0. The van der Waals surface area contributed by atoms with Crippen molar-refractivity contribution >= 4 is 46.5 Å². The highest BCUT2D eigenvalue weighted by molar-refractivity contribution is 7.09. The van der Waals surface area contributed by atoms with E-state index >= 15 is 0 Å². The van der Waals surface area contributed by atoms with Gasteiger partial charge in [-0.25, -0.2) is 4.39 Å². The smallest absolute Gasteiger partial charge is 0.270 e. The van der Waals surface area contributed by atoms with Crippen molar-refractivity contribution < 1.29 is 23.5 Å². The van der Waals surface area contributed by atoms with Crippen LogP contribution in [-0.4, -0.2) is 47.3 Å². The monoisotopic (exact) mass is 519 g/mol. The molecule has 3 rings (SSSR count). The molecule has 0 aliphatic heterocycles. The number of amides is 3. The average Bonchev–Trinajstić information content (AvgIpc) is 3.22. The van der Waals surface area contributed by atoms with E-state index in [1.165, 1.54) is 36.3 Å². The van der Waals surface area contributed by atoms with Crippen molar-refractivity contribution in [1.29, 1.82) is 0 Å². The third-order valence-corrected chi connectivity index (χ3v) is 6.29. The van der Waals surface area contributed by atoms with Gasteiger partial charge in [0.1, 0.15) is 16.7 Å². The minimum absolute atomic E-state index is 0.0670. The number of ether oxygens (including phenoxy) is 1. The van der Waals surface area contributed by atoms with Gasteiger partial charge < -0.3 is 26.4 Å². The zero-order valence-electron chi connectivity index (χ0n) is 18.7. The second-order valence-corrected chi connectivity index (χ2v) is 8.58. The van der Waals surface area contributed by atoms with Crippen LogP contribution >= 0.6 is 23.1 Å². The molecule has 0 unspecified atom stereocenters. The number of primary amides is 1. The molecule has 0 aliphatic carbocycles. The van der Waals surface area contributed by atoms with E-state index in [-0.39, 0.29) is 36.0 Å². The van der Waals surface area contributed by atoms with Crippen LogP contribution in [0.1, 0.15) is 37.3 Å². The Bertz CT molecular complexity index is 1220. The molecule has 3 aromatic rings. The Kier molecular flexibility index (Phi) is 8.74. The second kappa shape index (κ2) is 11.7. The SMILES string of the molecule is COCCNC(=O)[C@H](c1ccc(F)cc1)N(Cc1ccccc1Cl)C(=O)c1snc(C(N)=O)c1N. The van der Waals surface area contributed by atoms with Crippen LogP contribution in [0.25, 0.3) is 0 Å². The van der Waals surface area contributed by atoms with Crippen LogP contribution in [-0.2, 0) is 16.1 Å². The summed E-state index contributed by atoms with van der Waals surface area (Å²) in [6.45, 7) is 0.321. The van der Waals surface area contributed by atoms with E-state index in [0.717, 1.165) is 0 Å². The number of carbonyl (C=O) groups excluding carboxylic acids is 3. The fourth-order valence-electron chi connectivity index (χ4n) is 3.34. The van der Waals surface area contributed by atoms with Gasteiger partial charge in [-0.3, -0.25) is 14.4 Å². The first-order valence-electron chi connectivity index (χ1n) is 10.4. The maximum Gasteiger partial charge on any atom is 0.270 e. The summed E-state index contributed by atoms with van der Waals surface area (Å²) in [6.07, 6.45) is 0. The van der Waals surface area contributed by atoms with Gasteiger partial charge in [0.05, 0.1) is 12.3 Å². The maximum absolute atomic E-state index is 13.8. The summed E-state index contributed by atoms with van der Waals surface area (Å²) in [7, 11) is 1.49. The van der Waals surface area contributed by atoms with Gasteiger partial charge in [-0.2, -0.15) is 4.37 Å². The predicted octanol–water partition coefficient (Wildman–Crippen LogP) is 2.76. The third kappa shape index (κ3) is 6.13. The molecule has 0 bridgehead atoms. The summed E-state index contributed by atoms with van der Waals surface area (Å²) in [6, 6.07) is 10.8. The third-order valence-electron chi connectivity index (χ3n) is 5.07. The number of methoxy groups -OCH3 is 1. The summed E-state index contributed by atoms with van der Waals surface area (Å²) >= 11 is 7.04. The van der Waals surface area contributed by atoms with Crippen molar-refractivity contribution in [3.63, 3.8) is 0 Å². The van der Waals surface area contributed by atoms with E-state index in [9.17, 15) is 18.8 Å². The first-order valence-corrected chi connectivity index (χ1v) is 11.5. The summed E-state index contributed by atoms with van der Waals surface area (Å²) in [5.41, 5.74) is 11.8. The molecule has 1 aromatic heterocycles. The lowest BCUT2D eigenvalue weighted by molar-refractivity contribution is -0.126. The quantitative estimate of drug-likeness (QED) is 0.352. The van der Waals surface area contributed by atoms with Crippen molar-refractivity contribution in [1.82, 2.24) is 14.6 Å². The Hall–Kier alpha value is -3.54. The number of nitrogens with zero attached hydrogens (tertiary/aromatic N) is 2. The van der Waals surface area contributed by atoms with Gasteiger partial charge in [-0.05, 0) is 40.9 Å². The minimum atomic E-state index is -1.20. The number of aromatic nitrogens is 1. The van der Waals surface area contributed by atoms with E-state index in [1.807, 2.05) is 0 Å². The number of rotatable bonds is 10. The molecule has 0 saturated heterocycles. The molecule has 0 aliphatic rings. The van der Waals surface area contributed by atoms with Crippen LogP contribution in [0.4, 0.5) is 10.1 Å². The molecule has 0 spiro atoms. The molecule has 184 valence electrons. The fourth-order valence-corrected chi connectivity index (χ4v) is 4.30. The van der Waals surface area contributed by atoms with E-state index in [4.69, 9.17) is 27.8 Å². The molecule has 0 radical (unpaired) electrons. The van der Waals surface area contributed by atoms with E-state index in [1.54, 1.807) is 24.3 Å². The molecule has 1 heterocycles. The van der Waals surface area contributed by atoms with Crippen LogP contribution in [0, 0.1) is 5.82 Å². The number of benzene rings is 2. The van der Waals surface area contributed by atoms with Crippen LogP contribution < -0.4 is 16.8 Å². The van der Waals surface area contributed by atoms with Crippen LogP contribution in [0.15, 0.2) is 48.5 Å². The number of nitrogens with one attached hydrogen (secondary N) is 1. The number of nitrogen functional groups attached to an aromatic ring is 1. The first kappa shape index (κ1) is 26.1. The van der Waals surface area contributed by atoms with Crippen molar-refractivity contribution in [2.45, 2.75) is 12.6 Å². The van der Waals surface area contributed by atoms with Crippen molar-refractivity contribution in [2.24, 2.45) is 5.73 Å². The fraction of sp³-hybridized carbons (Fsp3) is 0.217. The Labute approximate surface area is 210 Å². The van der Waals surface area contributed by atoms with Gasteiger partial charge >= 0.3 is 0 Å². The number of carbonyl (C=O) groups is 3. The first-order chi connectivity index (χ1) is 16.7. The molecule has 35 heavy (non-hydrogen) atoms. The highest BCUT2D eigenvalue weighted by atomic mass is 35.5. The van der Waals surface area contributed by atoms with Gasteiger partial charge in [0.2, 0.25) is 5.91 Å². The summed E-state index contributed by atoms with van der Waals surface area (Å²) in [5.74, 6) is -2.60. The number of nitrogens with two attached hydrogens (primary N) is 2. The topological polar surface area (TPSA) is 141 Å². The highest BCUT2D eigenvalue weighted by Crippen LogP contribution is 2.31. The minimum Gasteiger partial charge on any atom is -0.395 e. The van der Waals surface area contributed by atoms with Crippen molar-refractivity contribution in [3.05, 3.63) is 81.1 Å². The number of anilines is 1. The summed E-state index contributed by atoms with van der Waals surface area (Å²) in [4.78, 5) is 39.9. The summed E-state index contributed by atoms with van der Waals surface area (Å²) < 4.78 is 22.6. The standard InChI is InChI=1S/C23H23ClFN5O4S/c1-34-11-10-28-22(32)19(13-6-8-15(25)9-7-13)30(12-14-4-2-3-5-16(14)24)23(33)20-17(26)18(21(27)31)29-35-20/h2-9,19H,10-12,26H2,1H3,(H2,27,31)(H,28,32)/t19-/m0/s1. The van der Waals surface area contributed by atoms with Gasteiger partial charge in [-0.15, -0.1) is 0 Å². The van der Waals surface area contributed by atoms with Crippen molar-refractivity contribution in [3.8, 4) is 0 Å². The molecule has 1 atom stereocenters. The number of hydrogen-bond donors (Lipinski definition) is 3. The Morgan fingerprint density at radius 2 is 1.89 bits per heavy atom. The van der Waals surface area contributed by atoms with Gasteiger partial charge in [0, 0.05) is 25.2 Å². The molecular weight excluding hydrogens is 497 g/mol. The normalized spacial score (nSPS) is 11.6. The highest BCUT2D eigenvalue weighted by Gasteiger charge is 2.35. The van der Waals surface area contributed by atoms with Gasteiger partial charge in [-0.1, -0.05) is 41.9 Å². The number of hydrogen-bond acceptors (Lipinski definition) is 7. The second-order valence-electron chi connectivity index (χ2n) is 7.40. The van der Waals surface area contributed by atoms with E-state index in [2.05, 4.69) is 9.69 Å². The van der Waals surface area contributed by atoms with Crippen molar-refractivity contribution in [2.75, 3.05) is 26.0 Å². The molecule has 5 N–H and O–H groups in total. The molecule has 0 fully saturated rings. The van der Waals surface area contributed by atoms with Crippen LogP contribution in [0.5, 0.6) is 0 Å². The Balaban J connectivity index is 2.12. The van der Waals surface area contributed by atoms with Crippen LogP contribution in [0.3, 0.4) is 0 Å². The van der Waals surface area contributed by atoms with Gasteiger partial charge in [0.15, 0.2) is 5.69 Å². The molecule has 2 aromatic carbocycles. The number of halogens is 2.